The zero-order valence-electron chi connectivity index (χ0n) is 10.4. The maximum absolute atomic E-state index is 11.6. The fourth-order valence-electron chi connectivity index (χ4n) is 2.21. The number of carbonyl (C=O) groups excluding carboxylic acids is 1. The summed E-state index contributed by atoms with van der Waals surface area (Å²) in [6.45, 7) is 4.13. The maximum Gasteiger partial charge on any atom is 0.313 e. The summed E-state index contributed by atoms with van der Waals surface area (Å²) in [5, 5.41) is 3.26. The predicted octanol–water partition coefficient (Wildman–Crippen LogP) is 2.04. The monoisotopic (exact) mass is 233 g/mol. The molecule has 1 fully saturated rings. The zero-order chi connectivity index (χ0) is 12.3. The highest BCUT2D eigenvalue weighted by Gasteiger charge is 2.21. The summed E-state index contributed by atoms with van der Waals surface area (Å²) in [6.07, 6.45) is 0.775. The Bertz CT molecular complexity index is 382. The van der Waals surface area contributed by atoms with Crippen LogP contribution in [0.1, 0.15) is 36.3 Å². The summed E-state index contributed by atoms with van der Waals surface area (Å²) in [6, 6.07) is 8.37. The van der Waals surface area contributed by atoms with Crippen molar-refractivity contribution in [3.8, 4) is 0 Å². The van der Waals surface area contributed by atoms with E-state index in [1.165, 1.54) is 12.7 Å². The third-order valence-electron chi connectivity index (χ3n) is 3.49. The van der Waals surface area contributed by atoms with Gasteiger partial charge in [0.15, 0.2) is 0 Å². The van der Waals surface area contributed by atoms with Crippen LogP contribution in [-0.2, 0) is 9.53 Å². The smallest absolute Gasteiger partial charge is 0.313 e. The Hall–Kier alpha value is -1.35. The number of hydrogen-bond acceptors (Lipinski definition) is 3. The second kappa shape index (κ2) is 5.32. The van der Waals surface area contributed by atoms with Crippen LogP contribution in [0.25, 0.3) is 0 Å². The lowest BCUT2D eigenvalue weighted by Crippen LogP contribution is -2.39. The topological polar surface area (TPSA) is 38.3 Å². The molecule has 0 bridgehead atoms. The Morgan fingerprint density at radius 3 is 2.47 bits per heavy atom. The van der Waals surface area contributed by atoms with Gasteiger partial charge < -0.3 is 10.1 Å². The van der Waals surface area contributed by atoms with Crippen LogP contribution in [0.3, 0.4) is 0 Å². The molecule has 0 aromatic heterocycles. The maximum atomic E-state index is 11.6. The number of ether oxygens (including phenoxy) is 1. The molecule has 92 valence electrons. The molecule has 1 unspecified atom stereocenters. The summed E-state index contributed by atoms with van der Waals surface area (Å²) < 4.78 is 4.82. The first-order chi connectivity index (χ1) is 8.26. The van der Waals surface area contributed by atoms with Crippen molar-refractivity contribution in [3.05, 3.63) is 35.4 Å². The van der Waals surface area contributed by atoms with Gasteiger partial charge in [-0.2, -0.15) is 0 Å². The van der Waals surface area contributed by atoms with E-state index < -0.39 is 0 Å². The van der Waals surface area contributed by atoms with Gasteiger partial charge in [0.05, 0.1) is 13.0 Å². The molecular weight excluding hydrogens is 214 g/mol. The van der Waals surface area contributed by atoms with E-state index in [-0.39, 0.29) is 11.9 Å². The van der Waals surface area contributed by atoms with E-state index in [9.17, 15) is 4.79 Å². The van der Waals surface area contributed by atoms with Gasteiger partial charge in [0.2, 0.25) is 0 Å². The van der Waals surface area contributed by atoms with Crippen LogP contribution in [0.4, 0.5) is 0 Å². The molecule has 1 aromatic rings. The van der Waals surface area contributed by atoms with Gasteiger partial charge in [0, 0.05) is 19.0 Å². The molecule has 1 N–H and O–H groups in total. The third kappa shape index (κ3) is 2.50. The van der Waals surface area contributed by atoms with Crippen LogP contribution in [0.15, 0.2) is 24.3 Å². The van der Waals surface area contributed by atoms with Crippen molar-refractivity contribution in [1.29, 1.82) is 0 Å². The lowest BCUT2D eigenvalue weighted by atomic mass is 9.90. The molecule has 1 heterocycles. The van der Waals surface area contributed by atoms with E-state index in [2.05, 4.69) is 29.6 Å². The molecule has 1 atom stereocenters. The van der Waals surface area contributed by atoms with Crippen molar-refractivity contribution >= 4 is 5.97 Å². The van der Waals surface area contributed by atoms with E-state index in [0.29, 0.717) is 5.92 Å². The molecule has 1 saturated heterocycles. The fraction of sp³-hybridized carbons (Fsp3) is 0.500. The molecule has 2 rings (SSSR count). The van der Waals surface area contributed by atoms with Crippen molar-refractivity contribution < 1.29 is 9.53 Å². The summed E-state index contributed by atoms with van der Waals surface area (Å²) in [7, 11) is 1.44. The van der Waals surface area contributed by atoms with Gasteiger partial charge in [-0.3, -0.25) is 4.79 Å². The standard InChI is InChI=1S/C14H19NO2/c1-3-13(14(16)17-2)11-6-4-10(5-7-11)12-8-15-9-12/h4-7,12-13,15H,3,8-9H2,1-2H3. The third-order valence-corrected chi connectivity index (χ3v) is 3.49. The van der Waals surface area contributed by atoms with Crippen molar-refractivity contribution in [1.82, 2.24) is 5.32 Å². The van der Waals surface area contributed by atoms with Gasteiger partial charge >= 0.3 is 5.97 Å². The number of rotatable bonds is 4. The van der Waals surface area contributed by atoms with Crippen LogP contribution < -0.4 is 5.32 Å². The molecular formula is C14H19NO2. The van der Waals surface area contributed by atoms with Crippen LogP contribution >= 0.6 is 0 Å². The first-order valence-electron chi connectivity index (χ1n) is 6.14. The Balaban J connectivity index is 2.12. The van der Waals surface area contributed by atoms with Crippen molar-refractivity contribution in [2.75, 3.05) is 20.2 Å². The van der Waals surface area contributed by atoms with Gasteiger partial charge in [0.1, 0.15) is 0 Å². The molecule has 0 saturated carbocycles. The van der Waals surface area contributed by atoms with Crippen LogP contribution in [-0.4, -0.2) is 26.2 Å². The average molecular weight is 233 g/mol. The first-order valence-corrected chi connectivity index (χ1v) is 6.14. The van der Waals surface area contributed by atoms with Gasteiger partial charge in [-0.05, 0) is 17.5 Å². The molecule has 0 radical (unpaired) electrons. The largest absolute Gasteiger partial charge is 0.469 e. The fourth-order valence-corrected chi connectivity index (χ4v) is 2.21. The second-order valence-electron chi connectivity index (χ2n) is 4.51. The summed E-state index contributed by atoms with van der Waals surface area (Å²) >= 11 is 0. The van der Waals surface area contributed by atoms with E-state index in [0.717, 1.165) is 25.1 Å². The lowest BCUT2D eigenvalue weighted by Gasteiger charge is -2.27. The highest BCUT2D eigenvalue weighted by Crippen LogP contribution is 2.25. The molecule has 17 heavy (non-hydrogen) atoms. The Morgan fingerprint density at radius 2 is 2.06 bits per heavy atom. The highest BCUT2D eigenvalue weighted by molar-refractivity contribution is 5.77. The van der Waals surface area contributed by atoms with Gasteiger partial charge in [-0.1, -0.05) is 31.2 Å². The molecule has 0 spiro atoms. The number of esters is 1. The van der Waals surface area contributed by atoms with Crippen molar-refractivity contribution in [2.45, 2.75) is 25.2 Å². The number of benzene rings is 1. The zero-order valence-corrected chi connectivity index (χ0v) is 10.4. The Morgan fingerprint density at radius 1 is 1.41 bits per heavy atom. The van der Waals surface area contributed by atoms with Gasteiger partial charge in [-0.25, -0.2) is 0 Å². The summed E-state index contributed by atoms with van der Waals surface area (Å²) in [5.41, 5.74) is 2.41. The average Bonchev–Trinajstić information content (AvgIpc) is 2.29. The van der Waals surface area contributed by atoms with E-state index in [4.69, 9.17) is 4.74 Å². The molecule has 1 aromatic carbocycles. The molecule has 1 aliphatic rings. The highest BCUT2D eigenvalue weighted by atomic mass is 16.5. The number of carbonyl (C=O) groups is 1. The number of nitrogens with one attached hydrogen (secondary N) is 1. The normalized spacial score (nSPS) is 17.3. The van der Waals surface area contributed by atoms with Crippen LogP contribution in [0.2, 0.25) is 0 Å². The summed E-state index contributed by atoms with van der Waals surface area (Å²) in [4.78, 5) is 11.6. The van der Waals surface area contributed by atoms with E-state index >= 15 is 0 Å². The minimum absolute atomic E-state index is 0.131. The minimum Gasteiger partial charge on any atom is -0.469 e. The van der Waals surface area contributed by atoms with E-state index in [1.807, 2.05) is 6.92 Å². The lowest BCUT2D eigenvalue weighted by molar-refractivity contribution is -0.142. The number of hydrogen-bond donors (Lipinski definition) is 1. The molecule has 0 amide bonds. The van der Waals surface area contributed by atoms with E-state index in [1.54, 1.807) is 0 Å². The second-order valence-corrected chi connectivity index (χ2v) is 4.51. The number of methoxy groups -OCH3 is 1. The predicted molar refractivity (Wildman–Crippen MR) is 67.1 cm³/mol. The minimum atomic E-state index is -0.148. The molecule has 1 aliphatic heterocycles. The first kappa shape index (κ1) is 12.1. The van der Waals surface area contributed by atoms with Crippen molar-refractivity contribution in [3.63, 3.8) is 0 Å². The Labute approximate surface area is 102 Å². The Kier molecular flexibility index (Phi) is 3.79. The molecule has 3 nitrogen and oxygen atoms in total. The SMILES string of the molecule is CCC(C(=O)OC)c1ccc(C2CNC2)cc1. The van der Waals surface area contributed by atoms with Crippen molar-refractivity contribution in [2.24, 2.45) is 0 Å². The van der Waals surface area contributed by atoms with Gasteiger partial charge in [0.25, 0.3) is 0 Å². The molecule has 0 aliphatic carbocycles. The van der Waals surface area contributed by atoms with Crippen LogP contribution in [0, 0.1) is 0 Å². The molecule has 3 heteroatoms. The van der Waals surface area contributed by atoms with Gasteiger partial charge in [-0.15, -0.1) is 0 Å². The summed E-state index contributed by atoms with van der Waals surface area (Å²) in [5.74, 6) is 0.362. The van der Waals surface area contributed by atoms with Crippen LogP contribution in [0.5, 0.6) is 0 Å². The quantitative estimate of drug-likeness (QED) is 0.809.